The van der Waals surface area contributed by atoms with Crippen LogP contribution in [0.25, 0.3) is 0 Å². The van der Waals surface area contributed by atoms with Gasteiger partial charge in [-0.05, 0) is 38.6 Å². The molecule has 0 heterocycles. The summed E-state index contributed by atoms with van der Waals surface area (Å²) < 4.78 is 5.67. The fraction of sp³-hybridized carbons (Fsp3) is 0.923. The molecule has 17 heavy (non-hydrogen) atoms. The number of rotatable bonds is 10. The highest BCUT2D eigenvalue weighted by molar-refractivity contribution is 5.79. The lowest BCUT2D eigenvalue weighted by molar-refractivity contribution is -0.120. The molecule has 4 heteroatoms. The molecule has 0 aliphatic rings. The molecule has 1 amide bonds. The smallest absolute Gasteiger partial charge is 0.234 e. The summed E-state index contributed by atoms with van der Waals surface area (Å²) in [7, 11) is 0. The Morgan fingerprint density at radius 3 is 2.47 bits per heavy atom. The number of hydrogen-bond donors (Lipinski definition) is 2. The van der Waals surface area contributed by atoms with Crippen LogP contribution in [-0.2, 0) is 9.53 Å². The molecule has 0 rings (SSSR count). The van der Waals surface area contributed by atoms with Crippen molar-refractivity contribution >= 4 is 5.91 Å². The molecule has 0 spiro atoms. The molecule has 2 unspecified atom stereocenters. The maximum Gasteiger partial charge on any atom is 0.234 e. The van der Waals surface area contributed by atoms with Crippen LogP contribution in [0, 0.1) is 5.92 Å². The summed E-state index contributed by atoms with van der Waals surface area (Å²) in [6, 6.07) is -0.263. The van der Waals surface area contributed by atoms with Crippen molar-refractivity contribution in [3.63, 3.8) is 0 Å². The average molecular weight is 244 g/mol. The minimum absolute atomic E-state index is 0.245. The van der Waals surface area contributed by atoms with Crippen molar-refractivity contribution < 1.29 is 9.53 Å². The number of amides is 1. The molecule has 2 atom stereocenters. The van der Waals surface area contributed by atoms with Gasteiger partial charge in [-0.3, -0.25) is 4.79 Å². The molecule has 0 fully saturated rings. The number of nitrogens with one attached hydrogen (secondary N) is 1. The van der Waals surface area contributed by atoms with Gasteiger partial charge in [-0.25, -0.2) is 0 Å². The summed E-state index contributed by atoms with van der Waals surface area (Å²) in [5, 5.41) is 3.13. The maximum atomic E-state index is 11.2. The summed E-state index contributed by atoms with van der Waals surface area (Å²) in [5.41, 5.74) is 5.32. The van der Waals surface area contributed by atoms with Crippen LogP contribution in [0.2, 0.25) is 0 Å². The standard InChI is InChI=1S/C13H28N2O2/c1-5-7-15-12(13(14)16)6-8-17-11(4)9-10(2)3/h10-12,15H,5-9H2,1-4H3,(H2,14,16). The van der Waals surface area contributed by atoms with Gasteiger partial charge in [0.05, 0.1) is 12.1 Å². The molecular formula is C13H28N2O2. The van der Waals surface area contributed by atoms with Gasteiger partial charge in [0.25, 0.3) is 0 Å². The summed E-state index contributed by atoms with van der Waals surface area (Å²) in [5.74, 6) is 0.341. The molecule has 0 aromatic carbocycles. The Labute approximate surface area is 105 Å². The number of carbonyl (C=O) groups is 1. The van der Waals surface area contributed by atoms with Crippen LogP contribution in [0.5, 0.6) is 0 Å². The minimum Gasteiger partial charge on any atom is -0.378 e. The summed E-state index contributed by atoms with van der Waals surface area (Å²) >= 11 is 0. The van der Waals surface area contributed by atoms with Crippen LogP contribution < -0.4 is 11.1 Å². The van der Waals surface area contributed by atoms with Gasteiger partial charge >= 0.3 is 0 Å². The van der Waals surface area contributed by atoms with Gasteiger partial charge in [0.15, 0.2) is 0 Å². The van der Waals surface area contributed by atoms with Crippen molar-refractivity contribution in [2.75, 3.05) is 13.2 Å². The molecule has 0 aliphatic heterocycles. The quantitative estimate of drug-likeness (QED) is 0.614. The van der Waals surface area contributed by atoms with Gasteiger partial charge in [0, 0.05) is 6.61 Å². The summed E-state index contributed by atoms with van der Waals surface area (Å²) in [6.07, 6.45) is 2.94. The van der Waals surface area contributed by atoms with E-state index in [2.05, 4.69) is 33.0 Å². The van der Waals surface area contributed by atoms with E-state index in [9.17, 15) is 4.79 Å². The van der Waals surface area contributed by atoms with E-state index in [4.69, 9.17) is 10.5 Å². The zero-order valence-corrected chi connectivity index (χ0v) is 11.7. The van der Waals surface area contributed by atoms with E-state index in [0.29, 0.717) is 18.9 Å². The second-order valence-corrected chi connectivity index (χ2v) is 5.01. The molecule has 0 saturated heterocycles. The molecule has 3 N–H and O–H groups in total. The molecule has 0 aromatic rings. The predicted octanol–water partition coefficient (Wildman–Crippen LogP) is 1.68. The normalized spacial score (nSPS) is 14.9. The van der Waals surface area contributed by atoms with Gasteiger partial charge in [0.2, 0.25) is 5.91 Å². The highest BCUT2D eigenvalue weighted by Gasteiger charge is 2.14. The van der Waals surface area contributed by atoms with Gasteiger partial charge < -0.3 is 15.8 Å². The van der Waals surface area contributed by atoms with E-state index >= 15 is 0 Å². The van der Waals surface area contributed by atoms with Crippen LogP contribution in [0.15, 0.2) is 0 Å². The zero-order valence-electron chi connectivity index (χ0n) is 11.7. The van der Waals surface area contributed by atoms with Crippen LogP contribution in [-0.4, -0.2) is 31.2 Å². The van der Waals surface area contributed by atoms with Crippen molar-refractivity contribution in [2.45, 2.75) is 59.1 Å². The Morgan fingerprint density at radius 2 is 2.00 bits per heavy atom. The Morgan fingerprint density at radius 1 is 1.35 bits per heavy atom. The first kappa shape index (κ1) is 16.4. The average Bonchev–Trinajstić information content (AvgIpc) is 2.21. The van der Waals surface area contributed by atoms with Crippen molar-refractivity contribution in [3.8, 4) is 0 Å². The number of carbonyl (C=O) groups excluding carboxylic acids is 1. The molecule has 102 valence electrons. The highest BCUT2D eigenvalue weighted by Crippen LogP contribution is 2.08. The topological polar surface area (TPSA) is 64.3 Å². The predicted molar refractivity (Wildman–Crippen MR) is 70.8 cm³/mol. The third-order valence-electron chi connectivity index (χ3n) is 2.60. The number of primary amides is 1. The van der Waals surface area contributed by atoms with E-state index in [-0.39, 0.29) is 18.1 Å². The molecule has 0 bridgehead atoms. The second-order valence-electron chi connectivity index (χ2n) is 5.01. The number of nitrogens with two attached hydrogens (primary N) is 1. The highest BCUT2D eigenvalue weighted by atomic mass is 16.5. The third-order valence-corrected chi connectivity index (χ3v) is 2.60. The van der Waals surface area contributed by atoms with E-state index < -0.39 is 0 Å². The molecule has 4 nitrogen and oxygen atoms in total. The number of hydrogen-bond acceptors (Lipinski definition) is 3. The first-order valence-electron chi connectivity index (χ1n) is 6.61. The first-order valence-corrected chi connectivity index (χ1v) is 6.61. The Bertz CT molecular complexity index is 208. The SMILES string of the molecule is CCCNC(CCOC(C)CC(C)C)C(N)=O. The molecular weight excluding hydrogens is 216 g/mol. The lowest BCUT2D eigenvalue weighted by Gasteiger charge is -2.18. The molecule has 0 radical (unpaired) electrons. The second kappa shape index (κ2) is 9.42. The zero-order chi connectivity index (χ0) is 13.3. The maximum absolute atomic E-state index is 11.2. The Kier molecular flexibility index (Phi) is 9.09. The van der Waals surface area contributed by atoms with Crippen molar-refractivity contribution in [1.29, 1.82) is 0 Å². The molecule has 0 aliphatic carbocycles. The molecule has 0 saturated carbocycles. The van der Waals surface area contributed by atoms with E-state index in [1.807, 2.05) is 0 Å². The third kappa shape index (κ3) is 9.12. The van der Waals surface area contributed by atoms with Crippen molar-refractivity contribution in [3.05, 3.63) is 0 Å². The Hall–Kier alpha value is -0.610. The van der Waals surface area contributed by atoms with Crippen molar-refractivity contribution in [2.24, 2.45) is 11.7 Å². The monoisotopic (exact) mass is 244 g/mol. The van der Waals surface area contributed by atoms with E-state index in [0.717, 1.165) is 19.4 Å². The first-order chi connectivity index (χ1) is 7.97. The van der Waals surface area contributed by atoms with Crippen LogP contribution in [0.3, 0.4) is 0 Å². The summed E-state index contributed by atoms with van der Waals surface area (Å²) in [4.78, 5) is 11.2. The molecule has 0 aromatic heterocycles. The van der Waals surface area contributed by atoms with Crippen molar-refractivity contribution in [1.82, 2.24) is 5.32 Å². The Balaban J connectivity index is 3.77. The van der Waals surface area contributed by atoms with E-state index in [1.165, 1.54) is 0 Å². The van der Waals surface area contributed by atoms with Gasteiger partial charge in [-0.2, -0.15) is 0 Å². The number of ether oxygens (including phenoxy) is 1. The van der Waals surface area contributed by atoms with Gasteiger partial charge in [-0.15, -0.1) is 0 Å². The van der Waals surface area contributed by atoms with Crippen LogP contribution in [0.1, 0.15) is 47.0 Å². The fourth-order valence-electron chi connectivity index (χ4n) is 1.78. The minimum atomic E-state index is -0.293. The van der Waals surface area contributed by atoms with Gasteiger partial charge in [-0.1, -0.05) is 20.8 Å². The van der Waals surface area contributed by atoms with Gasteiger partial charge in [0.1, 0.15) is 0 Å². The lowest BCUT2D eigenvalue weighted by Crippen LogP contribution is -2.42. The largest absolute Gasteiger partial charge is 0.378 e. The summed E-state index contributed by atoms with van der Waals surface area (Å²) in [6.45, 7) is 9.88. The van der Waals surface area contributed by atoms with Crippen LogP contribution >= 0.6 is 0 Å². The van der Waals surface area contributed by atoms with Crippen LogP contribution in [0.4, 0.5) is 0 Å². The fourth-order valence-corrected chi connectivity index (χ4v) is 1.78. The van der Waals surface area contributed by atoms with E-state index in [1.54, 1.807) is 0 Å². The lowest BCUT2D eigenvalue weighted by atomic mass is 10.1.